The summed E-state index contributed by atoms with van der Waals surface area (Å²) in [6.07, 6.45) is 2.00. The lowest BCUT2D eigenvalue weighted by Crippen LogP contribution is -2.50. The smallest absolute Gasteiger partial charge is 0.410 e. The van der Waals surface area contributed by atoms with Gasteiger partial charge in [-0.25, -0.2) is 9.59 Å². The maximum Gasteiger partial charge on any atom is 0.410 e. The average molecular weight is 480 g/mol. The number of benzene rings is 2. The van der Waals surface area contributed by atoms with Crippen LogP contribution in [0.2, 0.25) is 0 Å². The zero-order valence-corrected chi connectivity index (χ0v) is 21.0. The number of hydrogen-bond acceptors (Lipinski definition) is 5. The number of piperidine rings is 1. The molecule has 1 fully saturated rings. The summed E-state index contributed by atoms with van der Waals surface area (Å²) >= 11 is 0. The van der Waals surface area contributed by atoms with Crippen molar-refractivity contribution in [2.24, 2.45) is 0 Å². The molecule has 0 aromatic heterocycles. The number of fused-ring (bicyclic) bond motifs is 1. The molecular weight excluding hydrogens is 442 g/mol. The molecule has 0 radical (unpaired) electrons. The molecule has 2 aromatic rings. The van der Waals surface area contributed by atoms with Gasteiger partial charge >= 0.3 is 12.2 Å². The van der Waals surface area contributed by atoms with E-state index in [1.807, 2.05) is 62.1 Å². The molecule has 7 nitrogen and oxygen atoms in total. The summed E-state index contributed by atoms with van der Waals surface area (Å²) in [5.74, 6) is 0. The Morgan fingerprint density at radius 3 is 2.34 bits per heavy atom. The predicted molar refractivity (Wildman–Crippen MR) is 135 cm³/mol. The number of amides is 2. The summed E-state index contributed by atoms with van der Waals surface area (Å²) in [5, 5.41) is 3.67. The van der Waals surface area contributed by atoms with Gasteiger partial charge in [0.05, 0.1) is 6.04 Å². The first kappa shape index (κ1) is 25.0. The van der Waals surface area contributed by atoms with Crippen LogP contribution in [0.4, 0.5) is 9.59 Å². The number of nitrogens with one attached hydrogen (secondary N) is 1. The lowest BCUT2D eigenvalue weighted by Gasteiger charge is -2.39. The monoisotopic (exact) mass is 479 g/mol. The molecule has 1 unspecified atom stereocenters. The molecular formula is C28H37N3O4. The fourth-order valence-electron chi connectivity index (χ4n) is 4.77. The van der Waals surface area contributed by atoms with Crippen molar-refractivity contribution in [1.82, 2.24) is 15.1 Å². The topological polar surface area (TPSA) is 71.1 Å². The third-order valence-corrected chi connectivity index (χ3v) is 6.60. The van der Waals surface area contributed by atoms with Gasteiger partial charge in [0.1, 0.15) is 12.2 Å². The van der Waals surface area contributed by atoms with Crippen molar-refractivity contribution in [2.45, 2.75) is 64.3 Å². The minimum atomic E-state index is -0.534. The van der Waals surface area contributed by atoms with E-state index in [9.17, 15) is 9.59 Å². The second kappa shape index (κ2) is 11.1. The minimum absolute atomic E-state index is 0.0799. The number of carbonyl (C=O) groups excluding carboxylic acids is 2. The molecule has 1 saturated heterocycles. The van der Waals surface area contributed by atoms with Crippen LogP contribution in [0.5, 0.6) is 0 Å². The maximum absolute atomic E-state index is 13.0. The van der Waals surface area contributed by atoms with Crippen molar-refractivity contribution in [3.63, 3.8) is 0 Å². The van der Waals surface area contributed by atoms with E-state index in [0.29, 0.717) is 32.8 Å². The van der Waals surface area contributed by atoms with Gasteiger partial charge in [0.15, 0.2) is 0 Å². The molecule has 1 N–H and O–H groups in total. The van der Waals surface area contributed by atoms with Crippen LogP contribution in [0.25, 0.3) is 0 Å². The molecule has 7 heteroatoms. The zero-order chi connectivity index (χ0) is 24.8. The molecule has 4 rings (SSSR count). The van der Waals surface area contributed by atoms with Crippen molar-refractivity contribution >= 4 is 12.2 Å². The quantitative estimate of drug-likeness (QED) is 0.660. The van der Waals surface area contributed by atoms with E-state index in [0.717, 1.165) is 24.8 Å². The minimum Gasteiger partial charge on any atom is -0.445 e. The molecule has 0 bridgehead atoms. The van der Waals surface area contributed by atoms with Crippen molar-refractivity contribution < 1.29 is 19.1 Å². The predicted octanol–water partition coefficient (Wildman–Crippen LogP) is 4.91. The van der Waals surface area contributed by atoms with Gasteiger partial charge in [-0.1, -0.05) is 54.6 Å². The summed E-state index contributed by atoms with van der Waals surface area (Å²) in [7, 11) is 0. The number of nitrogens with zero attached hydrogens (tertiary/aromatic N) is 2. The van der Waals surface area contributed by atoms with Gasteiger partial charge in [-0.15, -0.1) is 0 Å². The molecule has 2 aliphatic rings. The summed E-state index contributed by atoms with van der Waals surface area (Å²) < 4.78 is 11.2. The molecule has 35 heavy (non-hydrogen) atoms. The van der Waals surface area contributed by atoms with Crippen molar-refractivity contribution in [3.8, 4) is 0 Å². The molecule has 2 aromatic carbocycles. The van der Waals surface area contributed by atoms with E-state index < -0.39 is 5.60 Å². The number of hydrogen-bond donors (Lipinski definition) is 1. The van der Waals surface area contributed by atoms with Crippen LogP contribution < -0.4 is 5.32 Å². The largest absolute Gasteiger partial charge is 0.445 e. The Balaban J connectivity index is 1.31. The maximum atomic E-state index is 13.0. The Kier molecular flexibility index (Phi) is 7.96. The van der Waals surface area contributed by atoms with Gasteiger partial charge < -0.3 is 19.7 Å². The third-order valence-electron chi connectivity index (χ3n) is 6.60. The van der Waals surface area contributed by atoms with Crippen LogP contribution in [0.15, 0.2) is 54.6 Å². The SMILES string of the molecule is CC(C)(C)OC(=O)N1CCc2ccccc2C1CNC1CCN(C(=O)OCc2ccccc2)CC1. The molecule has 0 saturated carbocycles. The van der Waals surface area contributed by atoms with Crippen LogP contribution in [0.1, 0.15) is 56.3 Å². The highest BCUT2D eigenvalue weighted by atomic mass is 16.6. The Bertz CT molecular complexity index is 997. The van der Waals surface area contributed by atoms with Crippen LogP contribution in [-0.2, 0) is 22.5 Å². The molecule has 1 atom stereocenters. The molecule has 0 aliphatic carbocycles. The number of rotatable bonds is 5. The van der Waals surface area contributed by atoms with Crippen LogP contribution in [-0.4, -0.2) is 59.8 Å². The van der Waals surface area contributed by atoms with Gasteiger partial charge in [-0.3, -0.25) is 4.90 Å². The van der Waals surface area contributed by atoms with Crippen LogP contribution >= 0.6 is 0 Å². The number of likely N-dealkylation sites (tertiary alicyclic amines) is 1. The highest BCUT2D eigenvalue weighted by molar-refractivity contribution is 5.69. The first-order valence-electron chi connectivity index (χ1n) is 12.6. The highest BCUT2D eigenvalue weighted by Crippen LogP contribution is 2.31. The van der Waals surface area contributed by atoms with Gasteiger partial charge in [0.25, 0.3) is 0 Å². The fraction of sp³-hybridized carbons (Fsp3) is 0.500. The third kappa shape index (κ3) is 6.75. The Morgan fingerprint density at radius 2 is 1.63 bits per heavy atom. The Hall–Kier alpha value is -3.06. The Morgan fingerprint density at radius 1 is 0.943 bits per heavy atom. The van der Waals surface area contributed by atoms with E-state index in [-0.39, 0.29) is 24.3 Å². The van der Waals surface area contributed by atoms with Gasteiger partial charge in [0, 0.05) is 32.2 Å². The lowest BCUT2D eigenvalue weighted by atomic mass is 9.92. The second-order valence-corrected chi connectivity index (χ2v) is 10.3. The van der Waals surface area contributed by atoms with Gasteiger partial charge in [-0.2, -0.15) is 0 Å². The normalized spacial score (nSPS) is 18.7. The van der Waals surface area contributed by atoms with E-state index in [4.69, 9.17) is 9.47 Å². The first-order valence-corrected chi connectivity index (χ1v) is 12.6. The lowest BCUT2D eigenvalue weighted by molar-refractivity contribution is 0.0135. The average Bonchev–Trinajstić information content (AvgIpc) is 2.85. The van der Waals surface area contributed by atoms with E-state index >= 15 is 0 Å². The second-order valence-electron chi connectivity index (χ2n) is 10.3. The van der Waals surface area contributed by atoms with E-state index in [1.165, 1.54) is 11.1 Å². The number of carbonyl (C=O) groups is 2. The highest BCUT2D eigenvalue weighted by Gasteiger charge is 2.34. The Labute approximate surface area is 208 Å². The summed E-state index contributed by atoms with van der Waals surface area (Å²) in [6, 6.07) is 18.3. The van der Waals surface area contributed by atoms with E-state index in [1.54, 1.807) is 4.90 Å². The van der Waals surface area contributed by atoms with Crippen molar-refractivity contribution in [1.29, 1.82) is 0 Å². The van der Waals surface area contributed by atoms with Gasteiger partial charge in [0.2, 0.25) is 0 Å². The summed E-state index contributed by atoms with van der Waals surface area (Å²) in [6.45, 7) is 8.59. The molecule has 2 heterocycles. The van der Waals surface area contributed by atoms with Crippen LogP contribution in [0, 0.1) is 0 Å². The standard InChI is InChI=1S/C28H37N3O4/c1-28(2,3)35-27(33)31-18-13-22-11-7-8-12-24(22)25(31)19-29-23-14-16-30(17-15-23)26(32)34-20-21-9-5-4-6-10-21/h4-12,23,25,29H,13-20H2,1-3H3. The van der Waals surface area contributed by atoms with Crippen LogP contribution in [0.3, 0.4) is 0 Å². The summed E-state index contributed by atoms with van der Waals surface area (Å²) in [4.78, 5) is 29.1. The van der Waals surface area contributed by atoms with Gasteiger partial charge in [-0.05, 0) is 56.7 Å². The van der Waals surface area contributed by atoms with E-state index in [2.05, 4.69) is 23.5 Å². The van der Waals surface area contributed by atoms with Crippen molar-refractivity contribution in [3.05, 3.63) is 71.3 Å². The molecule has 2 amide bonds. The molecule has 2 aliphatic heterocycles. The molecule has 0 spiro atoms. The van der Waals surface area contributed by atoms with Crippen molar-refractivity contribution in [2.75, 3.05) is 26.2 Å². The number of ether oxygens (including phenoxy) is 2. The fourth-order valence-corrected chi connectivity index (χ4v) is 4.77. The zero-order valence-electron chi connectivity index (χ0n) is 21.0. The first-order chi connectivity index (χ1) is 16.8. The molecule has 188 valence electrons. The summed E-state index contributed by atoms with van der Waals surface area (Å²) in [5.41, 5.74) is 2.92.